The van der Waals surface area contributed by atoms with Crippen molar-refractivity contribution in [1.29, 1.82) is 0 Å². The lowest BCUT2D eigenvalue weighted by molar-refractivity contribution is -0.927. The quantitative estimate of drug-likeness (QED) is 0.557. The normalized spacial score (nSPS) is 41.9. The molecule has 0 aromatic rings. The van der Waals surface area contributed by atoms with Gasteiger partial charge in [-0.25, -0.2) is 0 Å². The van der Waals surface area contributed by atoms with Crippen molar-refractivity contribution in [3.05, 3.63) is 0 Å². The largest absolute Gasteiger partial charge is 0.462 e. The minimum absolute atomic E-state index is 0.0818. The van der Waals surface area contributed by atoms with Crippen LogP contribution in [0.3, 0.4) is 0 Å². The fourth-order valence-corrected chi connectivity index (χ4v) is 4.94. The second kappa shape index (κ2) is 4.52. The molecule has 0 spiro atoms. The lowest BCUT2D eigenvalue weighted by atomic mass is 9.80. The van der Waals surface area contributed by atoms with Crippen molar-refractivity contribution in [1.82, 2.24) is 0 Å². The van der Waals surface area contributed by atoms with Crippen LogP contribution in [0.25, 0.3) is 0 Å². The van der Waals surface area contributed by atoms with E-state index in [1.54, 1.807) is 6.92 Å². The number of nitrogens with zero attached hydrogens (tertiary/aromatic N) is 1. The predicted octanol–water partition coefficient (Wildman–Crippen LogP) is 2.35. The first-order valence-electron chi connectivity index (χ1n) is 7.61. The number of likely N-dealkylation sites (tertiary alicyclic amines) is 1. The Morgan fingerprint density at radius 3 is 2.44 bits per heavy atom. The van der Waals surface area contributed by atoms with Gasteiger partial charge in [-0.15, -0.1) is 0 Å². The van der Waals surface area contributed by atoms with Gasteiger partial charge in [0.25, 0.3) is 0 Å². The minimum Gasteiger partial charge on any atom is -0.462 e. The number of rotatable bonds is 2. The van der Waals surface area contributed by atoms with E-state index in [9.17, 15) is 4.79 Å². The van der Waals surface area contributed by atoms with Crippen LogP contribution in [0.1, 0.15) is 45.4 Å². The molecular formula is C15H26NO2+. The van der Waals surface area contributed by atoms with Crippen molar-refractivity contribution in [2.75, 3.05) is 20.1 Å². The number of carbonyl (C=O) groups excluding carboxylic acids is 1. The molecule has 3 fully saturated rings. The molecule has 18 heavy (non-hydrogen) atoms. The summed E-state index contributed by atoms with van der Waals surface area (Å²) in [5.74, 6) is 1.21. The number of ether oxygens (including phenoxy) is 1. The van der Waals surface area contributed by atoms with Crippen LogP contribution in [0.4, 0.5) is 0 Å². The molecule has 0 aromatic heterocycles. The second-order valence-electron chi connectivity index (χ2n) is 6.85. The Bertz CT molecular complexity index is 335. The van der Waals surface area contributed by atoms with E-state index < -0.39 is 0 Å². The number of esters is 1. The highest BCUT2D eigenvalue weighted by Crippen LogP contribution is 2.48. The second-order valence-corrected chi connectivity index (χ2v) is 6.85. The van der Waals surface area contributed by atoms with Gasteiger partial charge in [-0.05, 0) is 25.2 Å². The van der Waals surface area contributed by atoms with Crippen LogP contribution >= 0.6 is 0 Å². The molecule has 0 aromatic carbocycles. The number of quaternary nitrogens is 1. The first-order valence-corrected chi connectivity index (χ1v) is 7.61. The molecule has 1 saturated heterocycles. The van der Waals surface area contributed by atoms with E-state index in [1.165, 1.54) is 56.1 Å². The van der Waals surface area contributed by atoms with Crippen molar-refractivity contribution in [2.45, 2.75) is 57.6 Å². The van der Waals surface area contributed by atoms with E-state index >= 15 is 0 Å². The Hall–Kier alpha value is -0.570. The van der Waals surface area contributed by atoms with Crippen molar-refractivity contribution in [3.8, 4) is 0 Å². The van der Waals surface area contributed by atoms with Crippen molar-refractivity contribution in [2.24, 2.45) is 11.8 Å². The summed E-state index contributed by atoms with van der Waals surface area (Å²) in [6.07, 6.45) is 8.16. The highest BCUT2D eigenvalue weighted by molar-refractivity contribution is 5.66. The molecule has 0 amide bonds. The van der Waals surface area contributed by atoms with Crippen molar-refractivity contribution < 1.29 is 14.0 Å². The Morgan fingerprint density at radius 2 is 1.78 bits per heavy atom. The summed E-state index contributed by atoms with van der Waals surface area (Å²) >= 11 is 0. The summed E-state index contributed by atoms with van der Waals surface area (Å²) in [6, 6.07) is 0.746. The molecule has 2 bridgehead atoms. The van der Waals surface area contributed by atoms with Gasteiger partial charge in [0, 0.05) is 32.1 Å². The van der Waals surface area contributed by atoms with Gasteiger partial charge in [0.15, 0.2) is 0 Å². The summed E-state index contributed by atoms with van der Waals surface area (Å²) < 4.78 is 6.91. The van der Waals surface area contributed by atoms with Crippen LogP contribution in [0.5, 0.6) is 0 Å². The molecular weight excluding hydrogens is 226 g/mol. The Labute approximate surface area is 110 Å². The van der Waals surface area contributed by atoms with Gasteiger partial charge in [-0.1, -0.05) is 0 Å². The molecule has 1 aliphatic heterocycles. The third-order valence-electron chi connectivity index (χ3n) is 5.78. The number of carbonyl (C=O) groups is 1. The Balaban J connectivity index is 1.78. The van der Waals surface area contributed by atoms with Gasteiger partial charge in [-0.2, -0.15) is 0 Å². The van der Waals surface area contributed by atoms with Crippen molar-refractivity contribution >= 4 is 5.97 Å². The van der Waals surface area contributed by atoms with Gasteiger partial charge >= 0.3 is 5.97 Å². The van der Waals surface area contributed by atoms with E-state index in [1.807, 2.05) is 0 Å². The predicted molar refractivity (Wildman–Crippen MR) is 69.9 cm³/mol. The topological polar surface area (TPSA) is 26.3 Å². The highest BCUT2D eigenvalue weighted by atomic mass is 16.5. The number of hydrogen-bond acceptors (Lipinski definition) is 2. The third kappa shape index (κ3) is 1.97. The minimum atomic E-state index is -0.0818. The first kappa shape index (κ1) is 12.5. The van der Waals surface area contributed by atoms with Crippen LogP contribution in [0.15, 0.2) is 0 Å². The van der Waals surface area contributed by atoms with Gasteiger partial charge < -0.3 is 9.22 Å². The van der Waals surface area contributed by atoms with Gasteiger partial charge in [-0.3, -0.25) is 4.79 Å². The highest BCUT2D eigenvalue weighted by Gasteiger charge is 2.53. The molecule has 0 radical (unpaired) electrons. The van der Waals surface area contributed by atoms with Gasteiger partial charge in [0.2, 0.25) is 0 Å². The molecule has 4 unspecified atom stereocenters. The summed E-state index contributed by atoms with van der Waals surface area (Å²) in [7, 11) is 2.43. The molecule has 2 saturated carbocycles. The first-order chi connectivity index (χ1) is 8.60. The summed E-state index contributed by atoms with van der Waals surface area (Å²) in [4.78, 5) is 11.3. The maximum atomic E-state index is 11.3. The van der Waals surface area contributed by atoms with Crippen LogP contribution < -0.4 is 0 Å². The van der Waals surface area contributed by atoms with Crippen LogP contribution in [0, 0.1) is 11.8 Å². The summed E-state index contributed by atoms with van der Waals surface area (Å²) in [5, 5.41) is 0. The fraction of sp³-hybridized carbons (Fsp3) is 0.933. The molecule has 1 heterocycles. The van der Waals surface area contributed by atoms with E-state index in [0.29, 0.717) is 11.8 Å². The lowest BCUT2D eigenvalue weighted by Crippen LogP contribution is -2.57. The lowest BCUT2D eigenvalue weighted by Gasteiger charge is -2.45. The molecule has 3 nitrogen and oxygen atoms in total. The summed E-state index contributed by atoms with van der Waals surface area (Å²) in [6.45, 7) is 4.23. The monoisotopic (exact) mass is 252 g/mol. The molecule has 2 aliphatic carbocycles. The average Bonchev–Trinajstić information content (AvgIpc) is 2.83. The average molecular weight is 252 g/mol. The Kier molecular flexibility index (Phi) is 3.13. The Morgan fingerprint density at radius 1 is 1.11 bits per heavy atom. The smallest absolute Gasteiger partial charge is 0.302 e. The van der Waals surface area contributed by atoms with Crippen LogP contribution in [-0.4, -0.2) is 42.7 Å². The number of fused-ring (bicyclic) bond motifs is 2. The zero-order valence-corrected chi connectivity index (χ0v) is 11.7. The van der Waals surface area contributed by atoms with E-state index in [2.05, 4.69) is 7.05 Å². The molecule has 3 rings (SSSR count). The molecule has 3 aliphatic rings. The van der Waals surface area contributed by atoms with E-state index in [-0.39, 0.29) is 12.1 Å². The maximum Gasteiger partial charge on any atom is 0.302 e. The maximum absolute atomic E-state index is 11.3. The fourth-order valence-electron chi connectivity index (χ4n) is 4.94. The van der Waals surface area contributed by atoms with Gasteiger partial charge in [0.1, 0.15) is 6.10 Å². The molecule has 3 heteroatoms. The van der Waals surface area contributed by atoms with Gasteiger partial charge in [0.05, 0.1) is 26.2 Å². The van der Waals surface area contributed by atoms with Crippen LogP contribution in [0.2, 0.25) is 0 Å². The molecule has 0 N–H and O–H groups in total. The SMILES string of the molecule is CC(=O)OC1C2CCC1C([N+]1(C)CCCC1)CC2. The number of hydrogen-bond donors (Lipinski definition) is 0. The van der Waals surface area contributed by atoms with Crippen LogP contribution in [-0.2, 0) is 9.53 Å². The zero-order valence-electron chi connectivity index (χ0n) is 11.7. The zero-order chi connectivity index (χ0) is 12.8. The summed E-state index contributed by atoms with van der Waals surface area (Å²) in [5.41, 5.74) is 0. The molecule has 4 atom stereocenters. The van der Waals surface area contributed by atoms with E-state index in [4.69, 9.17) is 4.74 Å². The van der Waals surface area contributed by atoms with Crippen molar-refractivity contribution in [3.63, 3.8) is 0 Å². The standard InChI is InChI=1S/C15H26NO2/c1-11(17)18-15-12-5-7-13(15)14(8-6-12)16(2)9-3-4-10-16/h12-15H,3-10H2,1-2H3/q+1. The molecule has 102 valence electrons. The third-order valence-corrected chi connectivity index (χ3v) is 5.78. The van der Waals surface area contributed by atoms with E-state index in [0.717, 1.165) is 6.04 Å².